The fourth-order valence-corrected chi connectivity index (χ4v) is 1.94. The van der Waals surface area contributed by atoms with E-state index in [4.69, 9.17) is 10.5 Å². The van der Waals surface area contributed by atoms with Crippen molar-refractivity contribution in [2.45, 2.75) is 39.2 Å². The van der Waals surface area contributed by atoms with E-state index in [9.17, 15) is 15.0 Å². The highest BCUT2D eigenvalue weighted by Crippen LogP contribution is 2.25. The zero-order valence-electron chi connectivity index (χ0n) is 12.0. The van der Waals surface area contributed by atoms with Gasteiger partial charge in [-0.1, -0.05) is 26.3 Å². The summed E-state index contributed by atoms with van der Waals surface area (Å²) in [5.74, 6) is -0.535. The van der Waals surface area contributed by atoms with Crippen LogP contribution in [0.3, 0.4) is 0 Å². The Morgan fingerprint density at radius 3 is 2.65 bits per heavy atom. The highest BCUT2D eigenvalue weighted by atomic mass is 16.5. The van der Waals surface area contributed by atoms with Gasteiger partial charge >= 0.3 is 5.97 Å². The largest absolute Gasteiger partial charge is 0.504 e. The molecule has 112 valence electrons. The molecule has 5 nitrogen and oxygen atoms in total. The lowest BCUT2D eigenvalue weighted by molar-refractivity contribution is -0.146. The number of carbonyl (C=O) groups excluding carboxylic acids is 1. The van der Waals surface area contributed by atoms with Gasteiger partial charge in [-0.05, 0) is 36.5 Å². The summed E-state index contributed by atoms with van der Waals surface area (Å²) in [5, 5.41) is 18.6. The Kier molecular flexibility index (Phi) is 6.31. The summed E-state index contributed by atoms with van der Waals surface area (Å²) in [5.41, 5.74) is 6.45. The summed E-state index contributed by atoms with van der Waals surface area (Å²) < 4.78 is 5.17. The van der Waals surface area contributed by atoms with Gasteiger partial charge in [-0.2, -0.15) is 0 Å². The molecule has 2 unspecified atom stereocenters. The van der Waals surface area contributed by atoms with Crippen molar-refractivity contribution in [2.75, 3.05) is 6.61 Å². The van der Waals surface area contributed by atoms with Crippen LogP contribution < -0.4 is 5.73 Å². The Balaban J connectivity index is 2.46. The third-order valence-corrected chi connectivity index (χ3v) is 3.09. The van der Waals surface area contributed by atoms with Gasteiger partial charge in [0.1, 0.15) is 6.04 Å². The quantitative estimate of drug-likeness (QED) is 0.524. The van der Waals surface area contributed by atoms with Gasteiger partial charge in [0.15, 0.2) is 11.5 Å². The van der Waals surface area contributed by atoms with Crippen LogP contribution in [0.2, 0.25) is 0 Å². The lowest BCUT2D eigenvalue weighted by atomic mass is 10.1. The highest BCUT2D eigenvalue weighted by molar-refractivity contribution is 5.75. The van der Waals surface area contributed by atoms with Gasteiger partial charge in [0.05, 0.1) is 6.61 Å². The fraction of sp³-hybridized carbons (Fsp3) is 0.533. The minimum atomic E-state index is -0.771. The number of nitrogens with two attached hydrogens (primary N) is 1. The minimum Gasteiger partial charge on any atom is -0.504 e. The van der Waals surface area contributed by atoms with E-state index in [1.165, 1.54) is 12.1 Å². The Hall–Kier alpha value is -1.75. The Morgan fingerprint density at radius 2 is 2.05 bits per heavy atom. The van der Waals surface area contributed by atoms with Gasteiger partial charge in [0, 0.05) is 0 Å². The Bertz CT molecular complexity index is 447. The number of hydrogen-bond acceptors (Lipinski definition) is 5. The molecular formula is C15H23NO4. The van der Waals surface area contributed by atoms with Crippen LogP contribution in [0, 0.1) is 5.92 Å². The Labute approximate surface area is 119 Å². The third-order valence-electron chi connectivity index (χ3n) is 3.09. The number of phenolic OH excluding ortho intramolecular Hbond substituents is 2. The van der Waals surface area contributed by atoms with Crippen molar-refractivity contribution in [3.63, 3.8) is 0 Å². The fourth-order valence-electron chi connectivity index (χ4n) is 1.94. The molecule has 20 heavy (non-hydrogen) atoms. The lowest BCUT2D eigenvalue weighted by Crippen LogP contribution is -2.35. The standard InChI is InChI=1S/C15H23NO4/c1-3-4-10(2)9-20-15(19)12(16)7-11-5-6-13(17)14(18)8-11/h5-6,8,10,12,17-18H,3-4,7,9,16H2,1-2H3. The lowest BCUT2D eigenvalue weighted by Gasteiger charge is -2.15. The average Bonchev–Trinajstić information content (AvgIpc) is 2.40. The summed E-state index contributed by atoms with van der Waals surface area (Å²) in [6.07, 6.45) is 2.32. The molecular weight excluding hydrogens is 258 g/mol. The monoisotopic (exact) mass is 281 g/mol. The van der Waals surface area contributed by atoms with Crippen molar-refractivity contribution >= 4 is 5.97 Å². The maximum absolute atomic E-state index is 11.7. The van der Waals surface area contributed by atoms with E-state index in [1.54, 1.807) is 6.07 Å². The van der Waals surface area contributed by atoms with Gasteiger partial charge < -0.3 is 20.7 Å². The van der Waals surface area contributed by atoms with Crippen LogP contribution in [-0.2, 0) is 16.0 Å². The topological polar surface area (TPSA) is 92.8 Å². The van der Waals surface area contributed by atoms with Gasteiger partial charge in [-0.3, -0.25) is 4.79 Å². The molecule has 1 aromatic carbocycles. The predicted molar refractivity (Wildman–Crippen MR) is 76.5 cm³/mol. The molecule has 0 amide bonds. The summed E-state index contributed by atoms with van der Waals surface area (Å²) >= 11 is 0. The summed E-state index contributed by atoms with van der Waals surface area (Å²) in [7, 11) is 0. The van der Waals surface area contributed by atoms with Gasteiger partial charge in [-0.15, -0.1) is 0 Å². The molecule has 1 aromatic rings. The normalized spacial score (nSPS) is 13.8. The number of carbonyl (C=O) groups is 1. The molecule has 0 spiro atoms. The maximum atomic E-state index is 11.7. The van der Waals surface area contributed by atoms with E-state index in [-0.39, 0.29) is 17.9 Å². The van der Waals surface area contributed by atoms with Crippen molar-refractivity contribution < 1.29 is 19.7 Å². The van der Waals surface area contributed by atoms with Crippen molar-refractivity contribution in [2.24, 2.45) is 11.7 Å². The number of rotatable bonds is 7. The zero-order chi connectivity index (χ0) is 15.1. The molecule has 0 aromatic heterocycles. The highest BCUT2D eigenvalue weighted by Gasteiger charge is 2.17. The van der Waals surface area contributed by atoms with E-state index < -0.39 is 12.0 Å². The second kappa shape index (κ2) is 7.75. The van der Waals surface area contributed by atoms with Crippen LogP contribution in [0.25, 0.3) is 0 Å². The molecule has 0 aliphatic heterocycles. The van der Waals surface area contributed by atoms with E-state index in [0.717, 1.165) is 12.8 Å². The van der Waals surface area contributed by atoms with E-state index in [1.807, 2.05) is 6.92 Å². The molecule has 0 saturated carbocycles. The van der Waals surface area contributed by atoms with Crippen LogP contribution in [0.5, 0.6) is 11.5 Å². The minimum absolute atomic E-state index is 0.196. The van der Waals surface area contributed by atoms with Crippen molar-refractivity contribution in [1.29, 1.82) is 0 Å². The number of esters is 1. The Morgan fingerprint density at radius 1 is 1.35 bits per heavy atom. The van der Waals surface area contributed by atoms with Crippen molar-refractivity contribution in [3.05, 3.63) is 23.8 Å². The number of benzene rings is 1. The third kappa shape index (κ3) is 5.09. The van der Waals surface area contributed by atoms with Crippen LogP contribution in [0.4, 0.5) is 0 Å². The predicted octanol–water partition coefficient (Wildman–Crippen LogP) is 1.95. The summed E-state index contributed by atoms with van der Waals surface area (Å²) in [6.45, 7) is 4.49. The number of phenols is 2. The molecule has 1 rings (SSSR count). The maximum Gasteiger partial charge on any atom is 0.323 e. The first-order valence-corrected chi connectivity index (χ1v) is 6.87. The molecule has 5 heteroatoms. The molecule has 0 aliphatic carbocycles. The first kappa shape index (κ1) is 16.3. The van der Waals surface area contributed by atoms with Crippen molar-refractivity contribution in [3.8, 4) is 11.5 Å². The number of aromatic hydroxyl groups is 2. The molecule has 0 radical (unpaired) electrons. The number of ether oxygens (including phenoxy) is 1. The average molecular weight is 281 g/mol. The molecule has 0 heterocycles. The second-order valence-electron chi connectivity index (χ2n) is 5.16. The van der Waals surface area contributed by atoms with Crippen LogP contribution >= 0.6 is 0 Å². The molecule has 0 aliphatic rings. The smallest absolute Gasteiger partial charge is 0.323 e. The van der Waals surface area contributed by atoms with Gasteiger partial charge in [0.25, 0.3) is 0 Å². The van der Waals surface area contributed by atoms with Gasteiger partial charge in [-0.25, -0.2) is 0 Å². The van der Waals surface area contributed by atoms with E-state index in [2.05, 4.69) is 6.92 Å². The van der Waals surface area contributed by atoms with Crippen LogP contribution in [0.15, 0.2) is 18.2 Å². The summed E-state index contributed by atoms with van der Waals surface area (Å²) in [6, 6.07) is 3.60. The van der Waals surface area contributed by atoms with Gasteiger partial charge in [0.2, 0.25) is 0 Å². The van der Waals surface area contributed by atoms with E-state index >= 15 is 0 Å². The molecule has 0 bridgehead atoms. The summed E-state index contributed by atoms with van der Waals surface area (Å²) in [4.78, 5) is 11.7. The number of hydrogen-bond donors (Lipinski definition) is 3. The second-order valence-corrected chi connectivity index (χ2v) is 5.16. The zero-order valence-corrected chi connectivity index (χ0v) is 12.0. The first-order chi connectivity index (χ1) is 9.43. The molecule has 0 fully saturated rings. The molecule has 2 atom stereocenters. The van der Waals surface area contributed by atoms with Crippen molar-refractivity contribution in [1.82, 2.24) is 0 Å². The molecule has 0 saturated heterocycles. The van der Waals surface area contributed by atoms with Crippen LogP contribution in [-0.4, -0.2) is 28.8 Å². The molecule has 4 N–H and O–H groups in total. The SMILES string of the molecule is CCCC(C)COC(=O)C(N)Cc1ccc(O)c(O)c1. The van der Waals surface area contributed by atoms with Crippen LogP contribution in [0.1, 0.15) is 32.3 Å². The van der Waals surface area contributed by atoms with E-state index in [0.29, 0.717) is 18.1 Å². The first-order valence-electron chi connectivity index (χ1n) is 6.87.